The number of nitrogens with zero attached hydrogens (tertiary/aromatic N) is 2. The van der Waals surface area contributed by atoms with Crippen molar-refractivity contribution in [2.75, 3.05) is 36.4 Å². The van der Waals surface area contributed by atoms with Crippen LogP contribution in [0.5, 0.6) is 0 Å². The maximum Gasteiger partial charge on any atom is 0.416 e. The Hall–Kier alpha value is -4.56. The monoisotopic (exact) mass is 554 g/mol. The average Bonchev–Trinajstić information content (AvgIpc) is 2.99. The second-order valence-electron chi connectivity index (χ2n) is 10.2. The van der Waals surface area contributed by atoms with E-state index in [2.05, 4.69) is 27.7 Å². The minimum Gasteiger partial charge on any atom is -0.369 e. The molecule has 8 heteroatoms. The molecule has 0 aliphatic carbocycles. The van der Waals surface area contributed by atoms with Crippen LogP contribution < -0.4 is 21.1 Å². The highest BCUT2D eigenvalue weighted by molar-refractivity contribution is 5.87. The number of rotatable bonds is 6. The van der Waals surface area contributed by atoms with Crippen LogP contribution in [0.15, 0.2) is 108 Å². The Morgan fingerprint density at radius 1 is 0.780 bits per heavy atom. The summed E-state index contributed by atoms with van der Waals surface area (Å²) in [6, 6.07) is 30.2. The summed E-state index contributed by atoms with van der Waals surface area (Å²) in [5.41, 5.74) is 3.40. The van der Waals surface area contributed by atoms with Crippen molar-refractivity contribution in [1.29, 1.82) is 0 Å². The number of hydrogen-bond acceptors (Lipinski definition) is 4. The molecule has 0 amide bonds. The summed E-state index contributed by atoms with van der Waals surface area (Å²) < 4.78 is 43.0. The predicted octanol–water partition coefficient (Wildman–Crippen LogP) is 6.89. The van der Waals surface area contributed by atoms with Crippen molar-refractivity contribution < 1.29 is 13.2 Å². The zero-order chi connectivity index (χ0) is 28.4. The highest BCUT2D eigenvalue weighted by atomic mass is 19.4. The number of aromatic nitrogens is 1. The number of piperazine rings is 1. The molecule has 41 heavy (non-hydrogen) atoms. The van der Waals surface area contributed by atoms with Crippen LogP contribution in [0.4, 0.5) is 30.2 Å². The van der Waals surface area contributed by atoms with Crippen molar-refractivity contribution >= 4 is 28.0 Å². The highest BCUT2D eigenvalue weighted by Crippen LogP contribution is 2.33. The van der Waals surface area contributed by atoms with E-state index in [9.17, 15) is 18.0 Å². The van der Waals surface area contributed by atoms with Gasteiger partial charge in [0.25, 0.3) is 5.56 Å². The smallest absolute Gasteiger partial charge is 0.369 e. The van der Waals surface area contributed by atoms with Gasteiger partial charge in [0.05, 0.1) is 17.6 Å². The van der Waals surface area contributed by atoms with Crippen LogP contribution in [-0.4, -0.2) is 30.7 Å². The number of alkyl halides is 3. The van der Waals surface area contributed by atoms with E-state index in [4.69, 9.17) is 0 Å². The van der Waals surface area contributed by atoms with Crippen molar-refractivity contribution in [3.63, 3.8) is 0 Å². The van der Waals surface area contributed by atoms with E-state index in [1.54, 1.807) is 6.07 Å². The van der Waals surface area contributed by atoms with Gasteiger partial charge in [-0.3, -0.25) is 4.79 Å². The summed E-state index contributed by atoms with van der Waals surface area (Å²) in [7, 11) is 0. The molecule has 0 radical (unpaired) electrons. The van der Waals surface area contributed by atoms with Crippen molar-refractivity contribution in [2.24, 2.45) is 0 Å². The van der Waals surface area contributed by atoms with E-state index in [1.807, 2.05) is 66.7 Å². The van der Waals surface area contributed by atoms with Gasteiger partial charge in [-0.05, 0) is 65.0 Å². The molecule has 4 aromatic carbocycles. The van der Waals surface area contributed by atoms with E-state index < -0.39 is 11.7 Å². The molecule has 0 unspecified atom stereocenters. The number of anilines is 3. The first-order valence-corrected chi connectivity index (χ1v) is 13.6. The highest BCUT2D eigenvalue weighted by Gasteiger charge is 2.33. The van der Waals surface area contributed by atoms with Crippen LogP contribution in [0.25, 0.3) is 22.0 Å². The van der Waals surface area contributed by atoms with Crippen molar-refractivity contribution in [3.8, 4) is 11.1 Å². The lowest BCUT2D eigenvalue weighted by molar-refractivity contribution is -0.138. The third kappa shape index (κ3) is 5.69. The first-order chi connectivity index (χ1) is 19.9. The SMILES string of the molecule is O=c1c(-c2ccccc2)cc2ccc(Nc3ccc(N4CCNCC4)cc3)cc2n1Cc1ccccc1C(F)(F)F. The second kappa shape index (κ2) is 11.1. The molecule has 0 atom stereocenters. The van der Waals surface area contributed by atoms with E-state index in [0.717, 1.165) is 54.7 Å². The molecule has 2 N–H and O–H groups in total. The summed E-state index contributed by atoms with van der Waals surface area (Å²) in [6.07, 6.45) is -4.53. The lowest BCUT2D eigenvalue weighted by atomic mass is 10.0. The Bertz CT molecular complexity index is 1720. The molecule has 0 spiro atoms. The molecule has 1 aliphatic rings. The molecule has 2 heterocycles. The summed E-state index contributed by atoms with van der Waals surface area (Å²) in [5, 5.41) is 7.51. The molecule has 5 nitrogen and oxygen atoms in total. The second-order valence-corrected chi connectivity index (χ2v) is 10.2. The van der Waals surface area contributed by atoms with Gasteiger partial charge in [-0.1, -0.05) is 54.6 Å². The third-order valence-electron chi connectivity index (χ3n) is 7.47. The number of pyridine rings is 1. The molecule has 0 saturated carbocycles. The fourth-order valence-corrected chi connectivity index (χ4v) is 5.38. The average molecular weight is 555 g/mol. The number of benzene rings is 4. The van der Waals surface area contributed by atoms with Gasteiger partial charge in [0, 0.05) is 48.8 Å². The molecule has 6 rings (SSSR count). The van der Waals surface area contributed by atoms with Gasteiger partial charge in [0.15, 0.2) is 0 Å². The first-order valence-electron chi connectivity index (χ1n) is 13.6. The third-order valence-corrected chi connectivity index (χ3v) is 7.47. The number of halogens is 3. The molecular weight excluding hydrogens is 525 g/mol. The largest absolute Gasteiger partial charge is 0.416 e. The summed E-state index contributed by atoms with van der Waals surface area (Å²) in [4.78, 5) is 16.2. The van der Waals surface area contributed by atoms with E-state index >= 15 is 0 Å². The molecule has 208 valence electrons. The van der Waals surface area contributed by atoms with Crippen molar-refractivity contribution in [2.45, 2.75) is 12.7 Å². The van der Waals surface area contributed by atoms with E-state index in [1.165, 1.54) is 16.7 Å². The Morgan fingerprint density at radius 2 is 1.46 bits per heavy atom. The van der Waals surface area contributed by atoms with E-state index in [-0.39, 0.29) is 17.7 Å². The molecule has 0 bridgehead atoms. The predicted molar refractivity (Wildman–Crippen MR) is 159 cm³/mol. The van der Waals surface area contributed by atoms with Gasteiger partial charge in [0.2, 0.25) is 0 Å². The fraction of sp³-hybridized carbons (Fsp3) is 0.182. The maximum atomic E-state index is 13.9. The number of hydrogen-bond donors (Lipinski definition) is 2. The maximum absolute atomic E-state index is 13.9. The first kappa shape index (κ1) is 26.7. The number of fused-ring (bicyclic) bond motifs is 1. The van der Waals surface area contributed by atoms with Crippen LogP contribution in [0.3, 0.4) is 0 Å². The molecule has 1 aromatic heterocycles. The quantitative estimate of drug-likeness (QED) is 0.240. The summed E-state index contributed by atoms with van der Waals surface area (Å²) in [5.74, 6) is 0. The Labute approximate surface area is 235 Å². The van der Waals surface area contributed by atoms with Gasteiger partial charge >= 0.3 is 6.18 Å². The van der Waals surface area contributed by atoms with Crippen molar-refractivity contribution in [1.82, 2.24) is 9.88 Å². The molecule has 1 fully saturated rings. The van der Waals surface area contributed by atoms with Crippen LogP contribution >= 0.6 is 0 Å². The lowest BCUT2D eigenvalue weighted by Crippen LogP contribution is -2.43. The Balaban J connectivity index is 1.41. The normalized spacial score (nSPS) is 13.9. The zero-order valence-corrected chi connectivity index (χ0v) is 22.3. The molecular formula is C33H29F3N4O. The van der Waals surface area contributed by atoms with Gasteiger partial charge in [-0.25, -0.2) is 0 Å². The topological polar surface area (TPSA) is 49.3 Å². The van der Waals surface area contributed by atoms with Crippen molar-refractivity contribution in [3.05, 3.63) is 125 Å². The Morgan fingerprint density at radius 3 is 2.20 bits per heavy atom. The summed E-state index contributed by atoms with van der Waals surface area (Å²) in [6.45, 7) is 3.61. The van der Waals surface area contributed by atoms with Crippen LogP contribution in [0, 0.1) is 0 Å². The standard InChI is InChI=1S/C33H29F3N4O/c34-33(35,36)30-9-5-4-8-25(30)22-40-31-21-27(38-26-12-14-28(15-13-26)39-18-16-37-17-19-39)11-10-24(31)20-29(32(40)41)23-6-2-1-3-7-23/h1-15,20-21,37-38H,16-19,22H2. The Kier molecular flexibility index (Phi) is 7.24. The van der Waals surface area contributed by atoms with Gasteiger partial charge in [0.1, 0.15) is 0 Å². The van der Waals surface area contributed by atoms with Gasteiger partial charge < -0.3 is 20.1 Å². The van der Waals surface area contributed by atoms with Crippen LogP contribution in [-0.2, 0) is 12.7 Å². The van der Waals surface area contributed by atoms with Crippen LogP contribution in [0.2, 0.25) is 0 Å². The molecule has 1 aliphatic heterocycles. The minimum atomic E-state index is -4.53. The summed E-state index contributed by atoms with van der Waals surface area (Å²) >= 11 is 0. The van der Waals surface area contributed by atoms with Crippen LogP contribution in [0.1, 0.15) is 11.1 Å². The molecule has 1 saturated heterocycles. The van der Waals surface area contributed by atoms with E-state index in [0.29, 0.717) is 16.6 Å². The van der Waals surface area contributed by atoms with Gasteiger partial charge in [-0.2, -0.15) is 13.2 Å². The van der Waals surface area contributed by atoms with Gasteiger partial charge in [-0.15, -0.1) is 0 Å². The molecule has 5 aromatic rings. The lowest BCUT2D eigenvalue weighted by Gasteiger charge is -2.29. The minimum absolute atomic E-state index is 0.0375. The fourth-order valence-electron chi connectivity index (χ4n) is 5.38. The number of nitrogens with one attached hydrogen (secondary N) is 2. The zero-order valence-electron chi connectivity index (χ0n) is 22.3.